The minimum absolute atomic E-state index is 0.181. The number of carbonyl (C=O) groups is 2. The molecule has 5 aliphatic rings. The number of fused-ring (bicyclic) bond motifs is 5. The Kier molecular flexibility index (Phi) is 6.71. The van der Waals surface area contributed by atoms with Crippen LogP contribution in [0.5, 0.6) is 0 Å². The molecule has 50 heavy (non-hydrogen) atoms. The van der Waals surface area contributed by atoms with E-state index < -0.39 is 44.3 Å². The Hall–Kier alpha value is -4.23. The second-order valence-electron chi connectivity index (χ2n) is 13.3. The Morgan fingerprint density at radius 3 is 1.62 bits per heavy atom. The number of rotatable bonds is 4. The van der Waals surface area contributed by atoms with Crippen molar-refractivity contribution >= 4 is 56.5 Å². The number of amides is 2. The number of hydrogen-bond donors (Lipinski definition) is 1. The minimum Gasteiger partial charge on any atom is -0.356 e. The highest BCUT2D eigenvalue weighted by Gasteiger charge is 2.84. The van der Waals surface area contributed by atoms with Crippen LogP contribution in [-0.4, -0.2) is 56.0 Å². The number of thioether (sulfide) groups is 2. The third-order valence-corrected chi connectivity index (χ3v) is 14.2. The molecule has 0 saturated heterocycles. The molecule has 0 bridgehead atoms. The molecule has 1 N–H and O–H groups in total. The zero-order valence-corrected chi connectivity index (χ0v) is 28.8. The van der Waals surface area contributed by atoms with Crippen molar-refractivity contribution in [2.45, 2.75) is 55.0 Å². The molecular formula is C37H27F6N3O2S2. The smallest absolute Gasteiger partial charge is 0.356 e. The highest BCUT2D eigenvalue weighted by molar-refractivity contribution is 8.14. The zero-order chi connectivity index (χ0) is 35.9. The van der Waals surface area contributed by atoms with Gasteiger partial charge in [-0.2, -0.15) is 26.3 Å². The van der Waals surface area contributed by atoms with E-state index in [0.29, 0.717) is 37.9 Å². The molecule has 4 heterocycles. The van der Waals surface area contributed by atoms with Gasteiger partial charge in [0.05, 0.1) is 20.6 Å². The molecule has 0 radical (unpaired) electrons. The van der Waals surface area contributed by atoms with Crippen molar-refractivity contribution in [2.75, 3.05) is 12.4 Å². The van der Waals surface area contributed by atoms with E-state index in [2.05, 4.69) is 10.3 Å². The molecule has 1 saturated carbocycles. The first-order valence-electron chi connectivity index (χ1n) is 15.6. The molecule has 2 unspecified atom stereocenters. The molecule has 13 heteroatoms. The van der Waals surface area contributed by atoms with Gasteiger partial charge in [0.1, 0.15) is 0 Å². The van der Waals surface area contributed by atoms with Crippen LogP contribution in [0.25, 0.3) is 9.81 Å². The Morgan fingerprint density at radius 2 is 1.10 bits per heavy atom. The maximum absolute atomic E-state index is 16.0. The standard InChI is InChI=1S/C37H27F6N3O2S2/c1-17-25-27-28(36(40,41)37(42,43)35(27,38)39)26-18(2)30(20-12-14-44-15-13-20)50-34(26,4)33(25,3)49-29(17)19-6-8-21(9-7-19)45-22-10-11-23-24(16-22)32(48)46(5)31(23)47/h6-16,45H,1-5H3. The van der Waals surface area contributed by atoms with Crippen molar-refractivity contribution in [2.24, 2.45) is 0 Å². The van der Waals surface area contributed by atoms with Crippen molar-refractivity contribution in [3.8, 4) is 0 Å². The summed E-state index contributed by atoms with van der Waals surface area (Å²) in [6.07, 6.45) is 3.05. The predicted molar refractivity (Wildman–Crippen MR) is 183 cm³/mol. The van der Waals surface area contributed by atoms with E-state index in [9.17, 15) is 9.59 Å². The van der Waals surface area contributed by atoms with Crippen LogP contribution < -0.4 is 5.32 Å². The number of halogens is 6. The Morgan fingerprint density at radius 1 is 0.640 bits per heavy atom. The number of pyridine rings is 1. The summed E-state index contributed by atoms with van der Waals surface area (Å²) in [4.78, 5) is 30.9. The average molecular weight is 724 g/mol. The van der Waals surface area contributed by atoms with Crippen LogP contribution >= 0.6 is 23.5 Å². The SMILES string of the molecule is CC1=C(c2ccncc2)SC2(C)C1=C1C(=C3C(C)=C(c4ccc(Nc5ccc6c(c5)C(=O)N(C)C6=O)cc4)SC32C)C(F)(F)C(F)(F)C1(F)F. The lowest BCUT2D eigenvalue weighted by atomic mass is 9.68. The molecule has 5 nitrogen and oxygen atoms in total. The van der Waals surface area contributed by atoms with Crippen LogP contribution in [0, 0.1) is 0 Å². The summed E-state index contributed by atoms with van der Waals surface area (Å²) in [5, 5.41) is 3.19. The maximum Gasteiger partial charge on any atom is 0.380 e. The van der Waals surface area contributed by atoms with E-state index in [4.69, 9.17) is 0 Å². The van der Waals surface area contributed by atoms with Gasteiger partial charge in [0.25, 0.3) is 11.8 Å². The van der Waals surface area contributed by atoms with Gasteiger partial charge >= 0.3 is 17.8 Å². The molecule has 2 aromatic carbocycles. The van der Waals surface area contributed by atoms with Gasteiger partial charge in [0.15, 0.2) is 0 Å². The fraction of sp³-hybridized carbons (Fsp3) is 0.270. The lowest BCUT2D eigenvalue weighted by Gasteiger charge is -2.48. The van der Waals surface area contributed by atoms with Crippen molar-refractivity contribution in [1.29, 1.82) is 0 Å². The molecule has 2 amide bonds. The highest BCUT2D eigenvalue weighted by atomic mass is 32.2. The lowest BCUT2D eigenvalue weighted by Crippen LogP contribution is -2.49. The summed E-state index contributed by atoms with van der Waals surface area (Å²) in [6.45, 7) is 6.43. The van der Waals surface area contributed by atoms with E-state index in [1.54, 1.807) is 68.4 Å². The van der Waals surface area contributed by atoms with E-state index in [1.807, 2.05) is 0 Å². The summed E-state index contributed by atoms with van der Waals surface area (Å²) < 4.78 is 91.8. The maximum atomic E-state index is 16.0. The number of imide groups is 1. The first-order valence-corrected chi connectivity index (χ1v) is 17.2. The Bertz CT molecular complexity index is 2230. The van der Waals surface area contributed by atoms with Crippen LogP contribution in [0.15, 0.2) is 100 Å². The van der Waals surface area contributed by atoms with Crippen molar-refractivity contribution in [3.63, 3.8) is 0 Å². The number of hydrogen-bond acceptors (Lipinski definition) is 6. The lowest BCUT2D eigenvalue weighted by molar-refractivity contribution is -0.258. The third kappa shape index (κ3) is 3.87. The number of benzene rings is 2. The van der Waals surface area contributed by atoms with Crippen LogP contribution in [0.1, 0.15) is 59.5 Å². The summed E-state index contributed by atoms with van der Waals surface area (Å²) >= 11 is 2.44. The molecule has 0 spiro atoms. The largest absolute Gasteiger partial charge is 0.380 e. The van der Waals surface area contributed by atoms with Crippen molar-refractivity contribution in [3.05, 3.63) is 123 Å². The fourth-order valence-corrected chi connectivity index (χ4v) is 11.3. The number of nitrogens with zero attached hydrogens (tertiary/aromatic N) is 2. The molecular weight excluding hydrogens is 697 g/mol. The van der Waals surface area contributed by atoms with E-state index in [0.717, 1.165) is 4.90 Å². The van der Waals surface area contributed by atoms with E-state index >= 15 is 26.3 Å². The normalized spacial score (nSPS) is 27.3. The number of anilines is 2. The Balaban J connectivity index is 1.24. The molecule has 1 aromatic heterocycles. The second-order valence-corrected chi connectivity index (χ2v) is 16.1. The number of aromatic nitrogens is 1. The summed E-state index contributed by atoms with van der Waals surface area (Å²) in [5.74, 6) is -16.7. The molecule has 2 aliphatic carbocycles. The zero-order valence-electron chi connectivity index (χ0n) is 27.1. The van der Waals surface area contributed by atoms with Gasteiger partial charge in [-0.15, -0.1) is 23.5 Å². The quantitative estimate of drug-likeness (QED) is 0.214. The average Bonchev–Trinajstić information content (AvgIpc) is 3.63. The molecule has 2 atom stereocenters. The van der Waals surface area contributed by atoms with Gasteiger partial charge in [-0.05, 0) is 104 Å². The van der Waals surface area contributed by atoms with Gasteiger partial charge in [-0.1, -0.05) is 12.1 Å². The first-order chi connectivity index (χ1) is 23.4. The number of nitrogens with one attached hydrogen (secondary N) is 1. The molecule has 8 rings (SSSR count). The number of alkyl halides is 6. The van der Waals surface area contributed by atoms with E-state index in [1.165, 1.54) is 56.8 Å². The van der Waals surface area contributed by atoms with Crippen LogP contribution in [0.2, 0.25) is 0 Å². The van der Waals surface area contributed by atoms with Crippen LogP contribution in [-0.2, 0) is 0 Å². The number of carbonyl (C=O) groups excluding carboxylic acids is 2. The third-order valence-electron chi connectivity index (χ3n) is 10.5. The second kappa shape index (κ2) is 10.2. The molecule has 256 valence electrons. The molecule has 1 fully saturated rings. The fourth-order valence-electron chi connectivity index (χ4n) is 7.88. The van der Waals surface area contributed by atoms with Crippen molar-refractivity contribution < 1.29 is 35.9 Å². The van der Waals surface area contributed by atoms with E-state index in [-0.39, 0.29) is 33.8 Å². The topological polar surface area (TPSA) is 62.3 Å². The van der Waals surface area contributed by atoms with Crippen LogP contribution in [0.3, 0.4) is 0 Å². The monoisotopic (exact) mass is 723 g/mol. The minimum atomic E-state index is -5.65. The molecule has 3 aromatic rings. The van der Waals surface area contributed by atoms with Crippen LogP contribution in [0.4, 0.5) is 37.7 Å². The summed E-state index contributed by atoms with van der Waals surface area (Å²) in [6, 6.07) is 15.1. The highest BCUT2D eigenvalue weighted by Crippen LogP contribution is 2.77. The van der Waals surface area contributed by atoms with Crippen molar-refractivity contribution in [1.82, 2.24) is 9.88 Å². The van der Waals surface area contributed by atoms with Gasteiger partial charge in [-0.3, -0.25) is 19.5 Å². The number of allylic oxidation sites excluding steroid dienone is 4. The summed E-state index contributed by atoms with van der Waals surface area (Å²) in [5.41, 5.74) is 0.517. The van der Waals surface area contributed by atoms with Gasteiger partial charge < -0.3 is 5.32 Å². The molecule has 3 aliphatic heterocycles. The Labute approximate surface area is 291 Å². The van der Waals surface area contributed by atoms with Gasteiger partial charge in [0.2, 0.25) is 0 Å². The summed E-state index contributed by atoms with van der Waals surface area (Å²) in [7, 11) is 1.41. The first kappa shape index (κ1) is 32.9. The van der Waals surface area contributed by atoms with Gasteiger partial charge in [0, 0.05) is 51.8 Å². The van der Waals surface area contributed by atoms with Gasteiger partial charge in [-0.25, -0.2) is 0 Å². The predicted octanol–water partition coefficient (Wildman–Crippen LogP) is 9.75.